The number of hydrogen-bond donors (Lipinski definition) is 2. The maximum absolute atomic E-state index is 13.0. The third-order valence-corrected chi connectivity index (χ3v) is 7.18. The van der Waals surface area contributed by atoms with E-state index < -0.39 is 23.7 Å². The van der Waals surface area contributed by atoms with Crippen molar-refractivity contribution in [3.63, 3.8) is 0 Å². The first kappa shape index (κ1) is 22.1. The van der Waals surface area contributed by atoms with Gasteiger partial charge < -0.3 is 15.2 Å². The number of nitrogens with one attached hydrogen (secondary N) is 1. The molecule has 7 heteroatoms. The van der Waals surface area contributed by atoms with Crippen LogP contribution in [-0.4, -0.2) is 39.7 Å². The Labute approximate surface area is 177 Å². The topological polar surface area (TPSA) is 90.6 Å². The fourth-order valence-electron chi connectivity index (χ4n) is 3.99. The first-order valence-corrected chi connectivity index (χ1v) is 11.2. The van der Waals surface area contributed by atoms with Gasteiger partial charge in [0.05, 0.1) is 5.37 Å². The van der Waals surface area contributed by atoms with Crippen molar-refractivity contribution >= 4 is 23.7 Å². The summed E-state index contributed by atoms with van der Waals surface area (Å²) in [6.07, 6.45) is 5.11. The number of rotatable bonds is 5. The summed E-state index contributed by atoms with van der Waals surface area (Å²) in [7, 11) is 0. The highest BCUT2D eigenvalue weighted by molar-refractivity contribution is 8.01. The number of esters is 2. The van der Waals surface area contributed by atoms with Gasteiger partial charge >= 0.3 is 11.9 Å². The first-order chi connectivity index (χ1) is 13.7. The zero-order valence-corrected chi connectivity index (χ0v) is 18.3. The van der Waals surface area contributed by atoms with Gasteiger partial charge in [-0.2, -0.15) is 0 Å². The van der Waals surface area contributed by atoms with Crippen LogP contribution in [0.4, 0.5) is 0 Å². The lowest BCUT2D eigenvalue weighted by molar-refractivity contribution is -0.157. The molecule has 160 valence electrons. The normalized spacial score (nSPS) is 24.8. The lowest BCUT2D eigenvalue weighted by Gasteiger charge is -2.36. The number of ether oxygens (including phenoxy) is 2. The largest absolute Gasteiger partial charge is 0.460 e. The predicted octanol–water partition coefficient (Wildman–Crippen LogP) is 3.13. The Kier molecular flexibility index (Phi) is 6.91. The minimum Gasteiger partial charge on any atom is -0.460 e. The molecule has 1 aliphatic carbocycles. The molecule has 3 atom stereocenters. The predicted molar refractivity (Wildman–Crippen MR) is 114 cm³/mol. The van der Waals surface area contributed by atoms with Crippen molar-refractivity contribution in [2.45, 2.75) is 87.3 Å². The van der Waals surface area contributed by atoms with E-state index in [0.717, 1.165) is 37.7 Å². The minimum absolute atomic E-state index is 0.237. The summed E-state index contributed by atoms with van der Waals surface area (Å²) < 4.78 is 10.8. The first-order valence-electron chi connectivity index (χ1n) is 10.3. The lowest BCUT2D eigenvalue weighted by Crippen LogP contribution is -2.53. The van der Waals surface area contributed by atoms with E-state index in [4.69, 9.17) is 15.2 Å². The number of carbonyl (C=O) groups excluding carboxylic acids is 2. The van der Waals surface area contributed by atoms with Crippen molar-refractivity contribution in [1.29, 1.82) is 0 Å². The van der Waals surface area contributed by atoms with Crippen molar-refractivity contribution in [3.05, 3.63) is 35.9 Å². The van der Waals surface area contributed by atoms with E-state index in [1.165, 1.54) is 0 Å². The van der Waals surface area contributed by atoms with E-state index in [1.54, 1.807) is 11.8 Å². The van der Waals surface area contributed by atoms with Crippen LogP contribution in [0.2, 0.25) is 0 Å². The van der Waals surface area contributed by atoms with E-state index in [9.17, 15) is 9.59 Å². The van der Waals surface area contributed by atoms with Gasteiger partial charge in [-0.1, -0.05) is 49.6 Å². The van der Waals surface area contributed by atoms with Gasteiger partial charge in [-0.3, -0.25) is 14.9 Å². The highest BCUT2D eigenvalue weighted by atomic mass is 32.2. The Hall–Kier alpha value is -1.57. The minimum atomic E-state index is -0.843. The van der Waals surface area contributed by atoms with Crippen molar-refractivity contribution in [3.8, 4) is 0 Å². The summed E-state index contributed by atoms with van der Waals surface area (Å²) in [5, 5.41) is 2.94. The maximum atomic E-state index is 13.0. The molecule has 1 aromatic carbocycles. The van der Waals surface area contributed by atoms with Gasteiger partial charge in [0.1, 0.15) is 24.3 Å². The second-order valence-corrected chi connectivity index (χ2v) is 10.5. The average Bonchev–Trinajstić information content (AvgIpc) is 3.04. The van der Waals surface area contributed by atoms with Gasteiger partial charge in [-0.05, 0) is 39.2 Å². The molecule has 3 rings (SSSR count). The molecular weight excluding hydrogens is 388 g/mol. The fraction of sp³-hybridized carbons (Fsp3) is 0.636. The molecule has 1 heterocycles. The molecule has 0 radical (unpaired) electrons. The van der Waals surface area contributed by atoms with E-state index in [2.05, 4.69) is 5.32 Å². The standard InChI is InChI=1S/C22H32N2O4S/c1-21(2,3)28-19(25)16(23)18-24-17(22(29-18)12-8-5-9-13-22)20(26)27-14-15-10-6-4-7-11-15/h4,6-7,10-11,16-18,24H,5,8-9,12-14,23H2,1-3H3. The van der Waals surface area contributed by atoms with Gasteiger partial charge in [-0.25, -0.2) is 0 Å². The highest BCUT2D eigenvalue weighted by Crippen LogP contribution is 2.49. The van der Waals surface area contributed by atoms with Gasteiger partial charge in [-0.15, -0.1) is 11.8 Å². The van der Waals surface area contributed by atoms with Crippen LogP contribution in [0.25, 0.3) is 0 Å². The lowest BCUT2D eigenvalue weighted by atomic mass is 9.83. The number of hydrogen-bond acceptors (Lipinski definition) is 7. The number of nitrogens with two attached hydrogens (primary N) is 1. The third kappa shape index (κ3) is 5.53. The average molecular weight is 421 g/mol. The molecule has 29 heavy (non-hydrogen) atoms. The summed E-state index contributed by atoms with van der Waals surface area (Å²) in [6.45, 7) is 5.69. The molecule has 1 aliphatic heterocycles. The van der Waals surface area contributed by atoms with E-state index in [-0.39, 0.29) is 22.7 Å². The van der Waals surface area contributed by atoms with Gasteiger partial charge in [0.25, 0.3) is 0 Å². The van der Waals surface area contributed by atoms with Crippen molar-refractivity contribution in [2.75, 3.05) is 0 Å². The quantitative estimate of drug-likeness (QED) is 0.707. The number of carbonyl (C=O) groups is 2. The van der Waals surface area contributed by atoms with Crippen LogP contribution in [0.15, 0.2) is 30.3 Å². The summed E-state index contributed by atoms with van der Waals surface area (Å²) in [5.41, 5.74) is 6.58. The molecule has 1 saturated heterocycles. The van der Waals surface area contributed by atoms with Crippen molar-refractivity contribution < 1.29 is 19.1 Å². The van der Waals surface area contributed by atoms with Crippen LogP contribution in [0.5, 0.6) is 0 Å². The van der Waals surface area contributed by atoms with Crippen LogP contribution in [0.3, 0.4) is 0 Å². The Bertz CT molecular complexity index is 713. The van der Waals surface area contributed by atoms with E-state index >= 15 is 0 Å². The molecule has 2 aliphatic rings. The van der Waals surface area contributed by atoms with E-state index in [1.807, 2.05) is 51.1 Å². The Morgan fingerprint density at radius 1 is 1.21 bits per heavy atom. The molecule has 3 N–H and O–H groups in total. The number of benzene rings is 1. The number of thioether (sulfide) groups is 1. The van der Waals surface area contributed by atoms with Crippen LogP contribution in [-0.2, 0) is 25.7 Å². The van der Waals surface area contributed by atoms with Crippen LogP contribution in [0, 0.1) is 0 Å². The SMILES string of the molecule is CC(C)(C)OC(=O)C(N)C1NC(C(=O)OCc2ccccc2)C2(CCCCC2)S1. The van der Waals surface area contributed by atoms with Gasteiger partial charge in [0.15, 0.2) is 0 Å². The molecule has 3 unspecified atom stereocenters. The molecule has 6 nitrogen and oxygen atoms in total. The smallest absolute Gasteiger partial charge is 0.325 e. The van der Waals surface area contributed by atoms with Crippen LogP contribution in [0.1, 0.15) is 58.4 Å². The van der Waals surface area contributed by atoms with E-state index in [0.29, 0.717) is 0 Å². The molecular formula is C22H32N2O4S. The summed E-state index contributed by atoms with van der Waals surface area (Å²) in [4.78, 5) is 25.5. The van der Waals surface area contributed by atoms with Gasteiger partial charge in [0.2, 0.25) is 0 Å². The molecule has 1 spiro atoms. The second kappa shape index (κ2) is 9.06. The zero-order chi connectivity index (χ0) is 21.1. The molecule has 1 saturated carbocycles. The van der Waals surface area contributed by atoms with Gasteiger partial charge in [0, 0.05) is 4.75 Å². The van der Waals surface area contributed by atoms with Crippen LogP contribution < -0.4 is 11.1 Å². The summed E-state index contributed by atoms with van der Waals surface area (Å²) >= 11 is 1.62. The molecule has 1 aromatic rings. The highest BCUT2D eigenvalue weighted by Gasteiger charge is 2.54. The zero-order valence-electron chi connectivity index (χ0n) is 17.5. The second-order valence-electron chi connectivity index (χ2n) is 8.92. The molecule has 0 bridgehead atoms. The Balaban J connectivity index is 1.70. The Morgan fingerprint density at radius 3 is 2.48 bits per heavy atom. The van der Waals surface area contributed by atoms with Crippen molar-refractivity contribution in [1.82, 2.24) is 5.32 Å². The van der Waals surface area contributed by atoms with Crippen molar-refractivity contribution in [2.24, 2.45) is 5.73 Å². The fourth-order valence-corrected chi connectivity index (χ4v) is 5.79. The monoisotopic (exact) mass is 420 g/mol. The summed E-state index contributed by atoms with van der Waals surface area (Å²) in [6, 6.07) is 8.32. The Morgan fingerprint density at radius 2 is 1.86 bits per heavy atom. The van der Waals surface area contributed by atoms with Crippen LogP contribution >= 0.6 is 11.8 Å². The molecule has 2 fully saturated rings. The maximum Gasteiger partial charge on any atom is 0.325 e. The molecule has 0 amide bonds. The third-order valence-electron chi connectivity index (χ3n) is 5.38. The summed E-state index contributed by atoms with van der Waals surface area (Å²) in [5.74, 6) is -0.728. The molecule has 0 aromatic heterocycles.